The number of aromatic nitrogens is 3. The summed E-state index contributed by atoms with van der Waals surface area (Å²) in [5, 5.41) is 3.54. The molecule has 2 aromatic heterocycles. The molecule has 0 radical (unpaired) electrons. The zero-order valence-electron chi connectivity index (χ0n) is 15.3. The van der Waals surface area contributed by atoms with Crippen LogP contribution in [0.15, 0.2) is 30.7 Å². The van der Waals surface area contributed by atoms with Crippen LogP contribution in [0.1, 0.15) is 44.2 Å². The highest BCUT2D eigenvalue weighted by molar-refractivity contribution is 5.77. The van der Waals surface area contributed by atoms with Crippen molar-refractivity contribution in [2.24, 2.45) is 13.0 Å². The molecule has 1 amide bonds. The van der Waals surface area contributed by atoms with Gasteiger partial charge in [0.15, 0.2) is 0 Å². The zero-order valence-corrected chi connectivity index (χ0v) is 15.3. The van der Waals surface area contributed by atoms with Crippen LogP contribution in [0.5, 0.6) is 0 Å². The summed E-state index contributed by atoms with van der Waals surface area (Å²) in [5.74, 6) is 1.52. The summed E-state index contributed by atoms with van der Waals surface area (Å²) in [4.78, 5) is 23.3. The molecule has 1 saturated heterocycles. The quantitative estimate of drug-likeness (QED) is 0.877. The third-order valence-electron chi connectivity index (χ3n) is 5.04. The number of imidazole rings is 1. The molecule has 0 spiro atoms. The van der Waals surface area contributed by atoms with Gasteiger partial charge in [-0.05, 0) is 31.9 Å². The molecule has 1 fully saturated rings. The number of hydrogen-bond donors (Lipinski definition) is 1. The Morgan fingerprint density at radius 2 is 2.12 bits per heavy atom. The fourth-order valence-corrected chi connectivity index (χ4v) is 3.65. The molecular weight excluding hydrogens is 314 g/mol. The maximum Gasteiger partial charge on any atom is 0.223 e. The Hall–Kier alpha value is -2.37. The molecule has 0 unspecified atom stereocenters. The number of piperidine rings is 1. The van der Waals surface area contributed by atoms with Crippen LogP contribution in [0, 0.1) is 5.92 Å². The molecule has 2 atom stereocenters. The van der Waals surface area contributed by atoms with Crippen LogP contribution in [0.25, 0.3) is 0 Å². The second-order valence-electron chi connectivity index (χ2n) is 6.59. The Morgan fingerprint density at radius 1 is 1.28 bits per heavy atom. The van der Waals surface area contributed by atoms with Crippen molar-refractivity contribution >= 4 is 11.6 Å². The van der Waals surface area contributed by atoms with Crippen molar-refractivity contribution in [3.8, 4) is 0 Å². The number of nitrogens with zero attached hydrogens (tertiary/aromatic N) is 4. The van der Waals surface area contributed by atoms with Gasteiger partial charge in [-0.3, -0.25) is 9.78 Å². The summed E-state index contributed by atoms with van der Waals surface area (Å²) in [6, 6.07) is 4.12. The Morgan fingerprint density at radius 3 is 2.80 bits per heavy atom. The van der Waals surface area contributed by atoms with Crippen molar-refractivity contribution in [2.75, 3.05) is 18.4 Å². The molecular formula is C19H27N5O. The predicted octanol–water partition coefficient (Wildman–Crippen LogP) is 2.79. The topological polar surface area (TPSA) is 63.1 Å². The van der Waals surface area contributed by atoms with Gasteiger partial charge in [-0.25, -0.2) is 4.98 Å². The van der Waals surface area contributed by atoms with E-state index in [-0.39, 0.29) is 11.9 Å². The van der Waals surface area contributed by atoms with E-state index in [1.807, 2.05) is 48.1 Å². The van der Waals surface area contributed by atoms with Crippen LogP contribution in [0.3, 0.4) is 0 Å². The van der Waals surface area contributed by atoms with Gasteiger partial charge in [0.25, 0.3) is 0 Å². The summed E-state index contributed by atoms with van der Waals surface area (Å²) >= 11 is 0. The van der Waals surface area contributed by atoms with E-state index in [1.54, 1.807) is 0 Å². The van der Waals surface area contributed by atoms with Crippen molar-refractivity contribution in [3.63, 3.8) is 0 Å². The van der Waals surface area contributed by atoms with Crippen LogP contribution in [-0.4, -0.2) is 38.4 Å². The summed E-state index contributed by atoms with van der Waals surface area (Å²) in [6.07, 6.45) is 8.02. The molecule has 2 aromatic rings. The van der Waals surface area contributed by atoms with Gasteiger partial charge in [-0.2, -0.15) is 0 Å². The summed E-state index contributed by atoms with van der Waals surface area (Å²) < 4.78 is 2.03. The van der Waals surface area contributed by atoms with Gasteiger partial charge in [0.2, 0.25) is 5.91 Å². The van der Waals surface area contributed by atoms with Crippen molar-refractivity contribution in [1.82, 2.24) is 19.4 Å². The first-order chi connectivity index (χ1) is 12.1. The lowest BCUT2D eigenvalue weighted by atomic mass is 9.87. The Labute approximate surface area is 149 Å². The van der Waals surface area contributed by atoms with Crippen LogP contribution in [0.4, 0.5) is 5.69 Å². The Bertz CT molecular complexity index is 726. The van der Waals surface area contributed by atoms with Crippen molar-refractivity contribution in [3.05, 3.63) is 42.2 Å². The third kappa shape index (κ3) is 3.67. The first-order valence-corrected chi connectivity index (χ1v) is 9.09. The van der Waals surface area contributed by atoms with Gasteiger partial charge in [0, 0.05) is 62.4 Å². The smallest absolute Gasteiger partial charge is 0.223 e. The van der Waals surface area contributed by atoms with Crippen LogP contribution >= 0.6 is 0 Å². The molecule has 3 heterocycles. The van der Waals surface area contributed by atoms with E-state index in [0.29, 0.717) is 18.9 Å². The van der Waals surface area contributed by atoms with Gasteiger partial charge < -0.3 is 14.8 Å². The van der Waals surface area contributed by atoms with Gasteiger partial charge in [-0.15, -0.1) is 0 Å². The maximum atomic E-state index is 12.4. The average Bonchev–Trinajstić information content (AvgIpc) is 3.06. The molecule has 0 saturated carbocycles. The van der Waals surface area contributed by atoms with Gasteiger partial charge in [-0.1, -0.05) is 6.92 Å². The largest absolute Gasteiger partial charge is 0.385 e. The molecule has 1 aliphatic heterocycles. The second-order valence-corrected chi connectivity index (χ2v) is 6.59. The predicted molar refractivity (Wildman–Crippen MR) is 98.2 cm³/mol. The first kappa shape index (κ1) is 17.5. The number of aryl methyl sites for hydroxylation is 2. The lowest BCUT2D eigenvalue weighted by Crippen LogP contribution is -2.45. The molecule has 6 heteroatoms. The van der Waals surface area contributed by atoms with Crippen molar-refractivity contribution in [1.29, 1.82) is 0 Å². The van der Waals surface area contributed by atoms with E-state index < -0.39 is 0 Å². The molecule has 25 heavy (non-hydrogen) atoms. The van der Waals surface area contributed by atoms with E-state index in [2.05, 4.69) is 28.3 Å². The number of carbonyl (C=O) groups is 1. The van der Waals surface area contributed by atoms with Crippen molar-refractivity contribution < 1.29 is 4.79 Å². The fraction of sp³-hybridized carbons (Fsp3) is 0.526. The fourth-order valence-electron chi connectivity index (χ4n) is 3.65. The summed E-state index contributed by atoms with van der Waals surface area (Å²) in [7, 11) is 2.00. The Balaban J connectivity index is 1.80. The highest BCUT2D eigenvalue weighted by Gasteiger charge is 2.37. The highest BCUT2D eigenvalue weighted by atomic mass is 16.2. The molecule has 134 valence electrons. The Kier molecular flexibility index (Phi) is 5.36. The number of anilines is 1. The molecule has 0 bridgehead atoms. The molecule has 1 aliphatic rings. The van der Waals surface area contributed by atoms with Gasteiger partial charge in [0.05, 0.1) is 6.04 Å². The minimum atomic E-state index is 0.0197. The molecule has 6 nitrogen and oxygen atoms in total. The number of nitrogens with one attached hydrogen (secondary N) is 1. The van der Waals surface area contributed by atoms with E-state index in [4.69, 9.17) is 0 Å². The van der Waals surface area contributed by atoms with Gasteiger partial charge >= 0.3 is 0 Å². The zero-order chi connectivity index (χ0) is 17.8. The van der Waals surface area contributed by atoms with Crippen LogP contribution in [-0.2, 0) is 18.3 Å². The van der Waals surface area contributed by atoms with E-state index in [9.17, 15) is 4.79 Å². The normalized spacial score (nSPS) is 20.8. The summed E-state index contributed by atoms with van der Waals surface area (Å²) in [5.41, 5.74) is 2.17. The highest BCUT2D eigenvalue weighted by Crippen LogP contribution is 2.35. The van der Waals surface area contributed by atoms with Crippen LogP contribution in [0.2, 0.25) is 0 Å². The molecule has 0 aliphatic carbocycles. The van der Waals surface area contributed by atoms with E-state index in [0.717, 1.165) is 36.6 Å². The second kappa shape index (κ2) is 7.68. The lowest BCUT2D eigenvalue weighted by Gasteiger charge is -2.40. The summed E-state index contributed by atoms with van der Waals surface area (Å²) in [6.45, 7) is 5.67. The monoisotopic (exact) mass is 341 g/mol. The maximum absolute atomic E-state index is 12.4. The average molecular weight is 341 g/mol. The SMILES string of the molecule is CCc1cc(NC[C@H]2CCC(=O)N(CC)[C@@H]2c2nccn2C)ccn1. The number of likely N-dealkylation sites (tertiary alicyclic amines) is 1. The first-order valence-electron chi connectivity index (χ1n) is 9.09. The van der Waals surface area contributed by atoms with E-state index >= 15 is 0 Å². The number of rotatable bonds is 6. The third-order valence-corrected chi connectivity index (χ3v) is 5.04. The molecule has 0 aromatic carbocycles. The van der Waals surface area contributed by atoms with Crippen molar-refractivity contribution in [2.45, 2.75) is 39.2 Å². The number of hydrogen-bond acceptors (Lipinski definition) is 4. The van der Waals surface area contributed by atoms with Gasteiger partial charge in [0.1, 0.15) is 5.82 Å². The molecule has 3 rings (SSSR count). The van der Waals surface area contributed by atoms with E-state index in [1.165, 1.54) is 0 Å². The number of amides is 1. The van der Waals surface area contributed by atoms with Crippen LogP contribution < -0.4 is 5.32 Å². The number of pyridine rings is 1. The minimum Gasteiger partial charge on any atom is -0.385 e. The lowest BCUT2D eigenvalue weighted by molar-refractivity contribution is -0.138. The standard InChI is InChI=1S/C19H27N5O/c1-4-15-12-16(8-9-20-15)22-13-14-6-7-17(25)24(5-2)18(14)19-21-10-11-23(19)3/h8-12,14,18H,4-7,13H2,1-3H3,(H,20,22)/t14-,18+/m1/s1. The molecule has 1 N–H and O–H groups in total. The minimum absolute atomic E-state index is 0.0197. The number of carbonyl (C=O) groups excluding carboxylic acids is 1.